The highest BCUT2D eigenvalue weighted by Gasteiger charge is 2.41. The number of carboxylic acid groups (broad SMARTS) is 1. The van der Waals surface area contributed by atoms with Crippen LogP contribution in [0.2, 0.25) is 0 Å². The molecule has 26 heavy (non-hydrogen) atoms. The molecule has 0 spiro atoms. The fraction of sp³-hybridized carbons (Fsp3) is 0.333. The zero-order valence-electron chi connectivity index (χ0n) is 14.6. The van der Waals surface area contributed by atoms with Gasteiger partial charge >= 0.3 is 12.1 Å². The number of nitrogens with zero attached hydrogens (tertiary/aromatic N) is 1. The highest BCUT2D eigenvalue weighted by molar-refractivity contribution is 5.82. The van der Waals surface area contributed by atoms with E-state index >= 15 is 0 Å². The van der Waals surface area contributed by atoms with Crippen LogP contribution in [0.4, 0.5) is 4.79 Å². The van der Waals surface area contributed by atoms with E-state index in [1.807, 2.05) is 31.2 Å². The Bertz CT molecular complexity index is 817. The Morgan fingerprint density at radius 3 is 2.23 bits per heavy atom. The molecule has 1 fully saturated rings. The lowest BCUT2D eigenvalue weighted by molar-refractivity contribution is -0.142. The maximum Gasteiger partial charge on any atom is 0.410 e. The molecule has 2 aliphatic rings. The van der Waals surface area contributed by atoms with Gasteiger partial charge in [0, 0.05) is 12.5 Å². The maximum absolute atomic E-state index is 12.5. The van der Waals surface area contributed by atoms with Gasteiger partial charge in [-0.25, -0.2) is 9.59 Å². The van der Waals surface area contributed by atoms with Gasteiger partial charge in [0.15, 0.2) is 0 Å². The SMILES string of the molecule is C[C@@H]1CCN(C(=O)OCC2c3ccccc3-c3ccccc32)[C@@H]1C(=O)O. The summed E-state index contributed by atoms with van der Waals surface area (Å²) in [5.74, 6) is -1.05. The second kappa shape index (κ2) is 6.48. The number of hydrogen-bond donors (Lipinski definition) is 1. The zero-order valence-corrected chi connectivity index (χ0v) is 14.6. The molecular formula is C21H21NO4. The third kappa shape index (κ3) is 2.64. The van der Waals surface area contributed by atoms with Gasteiger partial charge in [0.05, 0.1) is 0 Å². The van der Waals surface area contributed by atoms with E-state index in [0.29, 0.717) is 13.0 Å². The predicted molar refractivity (Wildman–Crippen MR) is 97.0 cm³/mol. The number of benzene rings is 2. The summed E-state index contributed by atoms with van der Waals surface area (Å²) in [6.07, 6.45) is 0.143. The summed E-state index contributed by atoms with van der Waals surface area (Å²) < 4.78 is 5.58. The van der Waals surface area contributed by atoms with Crippen LogP contribution < -0.4 is 0 Å². The molecule has 1 amide bonds. The lowest BCUT2D eigenvalue weighted by atomic mass is 9.98. The van der Waals surface area contributed by atoms with E-state index in [1.54, 1.807) is 0 Å². The molecule has 1 saturated heterocycles. The topological polar surface area (TPSA) is 66.8 Å². The van der Waals surface area contributed by atoms with Gasteiger partial charge in [-0.05, 0) is 34.6 Å². The molecule has 1 aliphatic heterocycles. The monoisotopic (exact) mass is 351 g/mol. The first-order valence-electron chi connectivity index (χ1n) is 8.92. The van der Waals surface area contributed by atoms with E-state index in [4.69, 9.17) is 4.74 Å². The average Bonchev–Trinajstić information content (AvgIpc) is 3.18. The molecule has 1 aliphatic carbocycles. The standard InChI is InChI=1S/C21H21NO4/c1-13-10-11-22(19(13)20(23)24)21(25)26-12-18-16-8-4-2-6-14(16)15-7-3-5-9-17(15)18/h2-9,13,18-19H,10-12H2,1H3,(H,23,24)/t13-,19+/m1/s1. The number of carbonyl (C=O) groups is 2. The molecule has 134 valence electrons. The third-order valence-electron chi connectivity index (χ3n) is 5.52. The number of carboxylic acids is 1. The second-order valence-electron chi connectivity index (χ2n) is 7.05. The Labute approximate surface area is 152 Å². The molecule has 0 saturated carbocycles. The van der Waals surface area contributed by atoms with Gasteiger partial charge in [-0.15, -0.1) is 0 Å². The number of hydrogen-bond acceptors (Lipinski definition) is 3. The molecule has 0 unspecified atom stereocenters. The van der Waals surface area contributed by atoms with Crippen molar-refractivity contribution in [1.29, 1.82) is 0 Å². The van der Waals surface area contributed by atoms with Gasteiger partial charge in [-0.1, -0.05) is 55.5 Å². The Morgan fingerprint density at radius 2 is 1.65 bits per heavy atom. The van der Waals surface area contributed by atoms with Crippen LogP contribution in [-0.2, 0) is 9.53 Å². The van der Waals surface area contributed by atoms with Crippen molar-refractivity contribution in [1.82, 2.24) is 4.90 Å². The molecule has 1 N–H and O–H groups in total. The van der Waals surface area contributed by atoms with Crippen LogP contribution >= 0.6 is 0 Å². The highest BCUT2D eigenvalue weighted by atomic mass is 16.6. The Morgan fingerprint density at radius 1 is 1.08 bits per heavy atom. The van der Waals surface area contributed by atoms with Crippen molar-refractivity contribution in [3.8, 4) is 11.1 Å². The van der Waals surface area contributed by atoms with Gasteiger partial charge in [-0.2, -0.15) is 0 Å². The number of amides is 1. The quantitative estimate of drug-likeness (QED) is 0.915. The first-order chi connectivity index (χ1) is 12.6. The Balaban J connectivity index is 1.53. The molecule has 1 heterocycles. The van der Waals surface area contributed by atoms with Crippen LogP contribution in [0.5, 0.6) is 0 Å². The largest absolute Gasteiger partial charge is 0.480 e. The number of fused-ring (bicyclic) bond motifs is 3. The molecule has 5 nitrogen and oxygen atoms in total. The number of likely N-dealkylation sites (tertiary alicyclic amines) is 1. The Hall–Kier alpha value is -2.82. The van der Waals surface area contributed by atoms with Crippen molar-refractivity contribution in [2.24, 2.45) is 5.92 Å². The van der Waals surface area contributed by atoms with Crippen LogP contribution in [0.3, 0.4) is 0 Å². The van der Waals surface area contributed by atoms with Crippen molar-refractivity contribution < 1.29 is 19.4 Å². The lowest BCUT2D eigenvalue weighted by Crippen LogP contribution is -2.43. The van der Waals surface area contributed by atoms with Crippen LogP contribution in [-0.4, -0.2) is 41.3 Å². The van der Waals surface area contributed by atoms with Crippen molar-refractivity contribution in [2.45, 2.75) is 25.3 Å². The molecule has 5 heteroatoms. The predicted octanol–water partition coefficient (Wildman–Crippen LogP) is 3.73. The third-order valence-corrected chi connectivity index (χ3v) is 5.52. The summed E-state index contributed by atoms with van der Waals surface area (Å²) >= 11 is 0. The summed E-state index contributed by atoms with van der Waals surface area (Å²) in [5.41, 5.74) is 4.63. The van der Waals surface area contributed by atoms with E-state index in [0.717, 1.165) is 11.1 Å². The molecule has 0 bridgehead atoms. The van der Waals surface area contributed by atoms with E-state index in [1.165, 1.54) is 16.0 Å². The van der Waals surface area contributed by atoms with Crippen LogP contribution in [0.1, 0.15) is 30.4 Å². The van der Waals surface area contributed by atoms with Gasteiger partial charge in [0.1, 0.15) is 12.6 Å². The van der Waals surface area contributed by atoms with Crippen molar-refractivity contribution in [2.75, 3.05) is 13.2 Å². The number of aliphatic carboxylic acids is 1. The number of carbonyl (C=O) groups excluding carboxylic acids is 1. The molecule has 4 rings (SSSR count). The lowest BCUT2D eigenvalue weighted by Gasteiger charge is -2.24. The smallest absolute Gasteiger partial charge is 0.410 e. The van der Waals surface area contributed by atoms with Gasteiger partial charge < -0.3 is 9.84 Å². The van der Waals surface area contributed by atoms with Gasteiger partial charge in [0.25, 0.3) is 0 Å². The van der Waals surface area contributed by atoms with Gasteiger partial charge in [0.2, 0.25) is 0 Å². The fourth-order valence-electron chi connectivity index (χ4n) is 4.21. The summed E-state index contributed by atoms with van der Waals surface area (Å²) in [4.78, 5) is 25.3. The fourth-order valence-corrected chi connectivity index (χ4v) is 4.21. The van der Waals surface area contributed by atoms with E-state index in [-0.39, 0.29) is 18.4 Å². The van der Waals surface area contributed by atoms with E-state index in [9.17, 15) is 14.7 Å². The van der Waals surface area contributed by atoms with Crippen molar-refractivity contribution >= 4 is 12.1 Å². The summed E-state index contributed by atoms with van der Waals surface area (Å²) in [7, 11) is 0. The second-order valence-corrected chi connectivity index (χ2v) is 7.05. The minimum Gasteiger partial charge on any atom is -0.480 e. The number of rotatable bonds is 3. The van der Waals surface area contributed by atoms with Crippen molar-refractivity contribution in [3.05, 3.63) is 59.7 Å². The number of ether oxygens (including phenoxy) is 1. The normalized spacial score (nSPS) is 21.3. The molecule has 2 aromatic carbocycles. The zero-order chi connectivity index (χ0) is 18.3. The molecular weight excluding hydrogens is 330 g/mol. The first kappa shape index (κ1) is 16.6. The van der Waals surface area contributed by atoms with E-state index < -0.39 is 18.1 Å². The molecule has 0 radical (unpaired) electrons. The average molecular weight is 351 g/mol. The molecule has 0 aromatic heterocycles. The minimum atomic E-state index is -0.969. The molecule has 2 atom stereocenters. The van der Waals surface area contributed by atoms with Crippen molar-refractivity contribution in [3.63, 3.8) is 0 Å². The van der Waals surface area contributed by atoms with Gasteiger partial charge in [-0.3, -0.25) is 4.90 Å². The minimum absolute atomic E-state index is 0.0188. The van der Waals surface area contributed by atoms with Crippen LogP contribution in [0, 0.1) is 5.92 Å². The van der Waals surface area contributed by atoms with Crippen LogP contribution in [0.15, 0.2) is 48.5 Å². The summed E-state index contributed by atoms with van der Waals surface area (Å²) in [6, 6.07) is 15.5. The highest BCUT2D eigenvalue weighted by Crippen LogP contribution is 2.44. The Kier molecular flexibility index (Phi) is 4.15. The summed E-state index contributed by atoms with van der Waals surface area (Å²) in [5, 5.41) is 9.39. The van der Waals surface area contributed by atoms with E-state index in [2.05, 4.69) is 24.3 Å². The van der Waals surface area contributed by atoms with Crippen LogP contribution in [0.25, 0.3) is 11.1 Å². The first-order valence-corrected chi connectivity index (χ1v) is 8.92. The maximum atomic E-state index is 12.5. The summed E-state index contributed by atoms with van der Waals surface area (Å²) in [6.45, 7) is 2.49. The molecule has 2 aromatic rings.